The van der Waals surface area contributed by atoms with E-state index in [9.17, 15) is 5.11 Å². The molecule has 1 rings (SSSR count). The van der Waals surface area contributed by atoms with Crippen LogP contribution in [0, 0.1) is 11.3 Å². The Morgan fingerprint density at radius 2 is 1.50 bits per heavy atom. The third kappa shape index (κ3) is 9.43. The smallest absolute Gasteiger partial charge is 0.119 e. The molecule has 1 atom stereocenters. The van der Waals surface area contributed by atoms with Crippen LogP contribution in [0.1, 0.15) is 91.5 Å². The fourth-order valence-corrected chi connectivity index (χ4v) is 3.36. The molecule has 1 aromatic carbocycles. The van der Waals surface area contributed by atoms with E-state index in [1.165, 1.54) is 44.1 Å². The quantitative estimate of drug-likeness (QED) is 0.376. The maximum Gasteiger partial charge on any atom is 0.119 e. The summed E-state index contributed by atoms with van der Waals surface area (Å²) in [5.74, 6) is 1.78. The zero-order valence-electron chi connectivity index (χ0n) is 19.1. The van der Waals surface area contributed by atoms with E-state index in [-0.39, 0.29) is 12.0 Å². The summed E-state index contributed by atoms with van der Waals surface area (Å²) in [5, 5.41) is 9.72. The normalized spacial score (nSPS) is 14.3. The zero-order chi connectivity index (χ0) is 21.0. The number of hydrogen-bond acceptors (Lipinski definition) is 3. The van der Waals surface area contributed by atoms with Gasteiger partial charge in [-0.25, -0.2) is 0 Å². The molecule has 1 aromatic rings. The number of benzene rings is 1. The molecule has 28 heavy (non-hydrogen) atoms. The molecule has 0 aliphatic rings. The van der Waals surface area contributed by atoms with Gasteiger partial charge in [-0.05, 0) is 48.3 Å². The first kappa shape index (κ1) is 25.0. The second-order valence-electron chi connectivity index (χ2n) is 9.86. The van der Waals surface area contributed by atoms with Gasteiger partial charge in [-0.2, -0.15) is 0 Å². The monoisotopic (exact) mass is 391 g/mol. The molecule has 0 bridgehead atoms. The van der Waals surface area contributed by atoms with Gasteiger partial charge < -0.3 is 15.6 Å². The van der Waals surface area contributed by atoms with Gasteiger partial charge in [0.2, 0.25) is 0 Å². The molecule has 3 N–H and O–H groups in total. The summed E-state index contributed by atoms with van der Waals surface area (Å²) >= 11 is 0. The number of rotatable bonds is 14. The van der Waals surface area contributed by atoms with Crippen LogP contribution in [0.3, 0.4) is 0 Å². The molecule has 3 heteroatoms. The SMILES string of the molecule is CC(C)CCCCCCCCOc1ccc(CC[C@@](N)(CO)C(C)(C)C)cc1. The summed E-state index contributed by atoms with van der Waals surface area (Å²) in [6, 6.07) is 8.33. The number of aliphatic hydroxyl groups excluding tert-OH is 1. The van der Waals surface area contributed by atoms with Crippen molar-refractivity contribution in [1.29, 1.82) is 0 Å². The van der Waals surface area contributed by atoms with Crippen molar-refractivity contribution < 1.29 is 9.84 Å². The molecular formula is C25H45NO2. The molecule has 162 valence electrons. The topological polar surface area (TPSA) is 55.5 Å². The number of hydrogen-bond donors (Lipinski definition) is 2. The predicted octanol–water partition coefficient (Wildman–Crippen LogP) is 6.12. The first-order valence-electron chi connectivity index (χ1n) is 11.3. The van der Waals surface area contributed by atoms with Crippen molar-refractivity contribution >= 4 is 0 Å². The molecule has 0 spiro atoms. The van der Waals surface area contributed by atoms with Crippen molar-refractivity contribution in [2.24, 2.45) is 17.1 Å². The molecule has 0 saturated carbocycles. The molecule has 0 aliphatic heterocycles. The Morgan fingerprint density at radius 3 is 2.04 bits per heavy atom. The van der Waals surface area contributed by atoms with Crippen LogP contribution < -0.4 is 10.5 Å². The molecule has 0 fully saturated rings. The van der Waals surface area contributed by atoms with E-state index in [1.54, 1.807) is 0 Å². The van der Waals surface area contributed by atoms with Crippen molar-refractivity contribution in [2.45, 2.75) is 97.9 Å². The Morgan fingerprint density at radius 1 is 0.929 bits per heavy atom. The highest BCUT2D eigenvalue weighted by Crippen LogP contribution is 2.32. The van der Waals surface area contributed by atoms with Crippen LogP contribution in [0.25, 0.3) is 0 Å². The Hall–Kier alpha value is -1.06. The molecular weight excluding hydrogens is 346 g/mol. The fourth-order valence-electron chi connectivity index (χ4n) is 3.36. The summed E-state index contributed by atoms with van der Waals surface area (Å²) in [6.45, 7) is 11.7. The van der Waals surface area contributed by atoms with Crippen molar-refractivity contribution in [3.05, 3.63) is 29.8 Å². The average molecular weight is 392 g/mol. The van der Waals surface area contributed by atoms with Gasteiger partial charge in [-0.1, -0.05) is 85.3 Å². The van der Waals surface area contributed by atoms with Crippen molar-refractivity contribution in [3.8, 4) is 5.75 Å². The van der Waals surface area contributed by atoms with Crippen LogP contribution in [-0.4, -0.2) is 23.9 Å². The second-order valence-corrected chi connectivity index (χ2v) is 9.86. The number of nitrogens with two attached hydrogens (primary N) is 1. The van der Waals surface area contributed by atoms with E-state index in [1.807, 2.05) is 0 Å². The second kappa shape index (κ2) is 12.5. The van der Waals surface area contributed by atoms with E-state index >= 15 is 0 Å². The van der Waals surface area contributed by atoms with Gasteiger partial charge in [0.25, 0.3) is 0 Å². The van der Waals surface area contributed by atoms with Gasteiger partial charge in [0.05, 0.1) is 13.2 Å². The van der Waals surface area contributed by atoms with Crippen molar-refractivity contribution in [3.63, 3.8) is 0 Å². The number of ether oxygens (including phenoxy) is 1. The van der Waals surface area contributed by atoms with Crippen LogP contribution in [0.2, 0.25) is 0 Å². The standard InChI is InChI=1S/C25H45NO2/c1-21(2)12-10-8-6-7-9-11-19-28-23-15-13-22(14-16-23)17-18-25(26,20-27)24(3,4)5/h13-16,21,27H,6-12,17-20,26H2,1-5H3/t25-/m1/s1. The van der Waals surface area contributed by atoms with E-state index in [4.69, 9.17) is 10.5 Å². The number of unbranched alkanes of at least 4 members (excludes halogenated alkanes) is 5. The number of aliphatic hydroxyl groups is 1. The van der Waals surface area contributed by atoms with Crippen LogP contribution in [0.4, 0.5) is 0 Å². The van der Waals surface area contributed by atoms with Gasteiger partial charge in [0, 0.05) is 5.54 Å². The molecule has 0 radical (unpaired) electrons. The molecule has 0 saturated heterocycles. The highest BCUT2D eigenvalue weighted by atomic mass is 16.5. The maximum atomic E-state index is 9.72. The Labute approximate surface area is 174 Å². The summed E-state index contributed by atoms with van der Waals surface area (Å²) < 4.78 is 5.88. The van der Waals surface area contributed by atoms with E-state index in [0.717, 1.165) is 37.5 Å². The fraction of sp³-hybridized carbons (Fsp3) is 0.760. The van der Waals surface area contributed by atoms with Crippen LogP contribution in [0.5, 0.6) is 5.75 Å². The first-order valence-corrected chi connectivity index (χ1v) is 11.3. The minimum Gasteiger partial charge on any atom is -0.494 e. The van der Waals surface area contributed by atoms with Crippen LogP contribution >= 0.6 is 0 Å². The van der Waals surface area contributed by atoms with Gasteiger partial charge in [0.15, 0.2) is 0 Å². The highest BCUT2D eigenvalue weighted by molar-refractivity contribution is 5.27. The molecule has 0 amide bonds. The summed E-state index contributed by atoms with van der Waals surface area (Å²) in [4.78, 5) is 0. The third-order valence-corrected chi connectivity index (χ3v) is 6.00. The minimum absolute atomic E-state index is 0.00935. The van der Waals surface area contributed by atoms with Crippen molar-refractivity contribution in [2.75, 3.05) is 13.2 Å². The molecule has 0 unspecified atom stereocenters. The zero-order valence-corrected chi connectivity index (χ0v) is 19.1. The lowest BCUT2D eigenvalue weighted by Gasteiger charge is -2.40. The first-order chi connectivity index (χ1) is 13.2. The van der Waals surface area contributed by atoms with E-state index in [0.29, 0.717) is 0 Å². The van der Waals surface area contributed by atoms with Gasteiger partial charge in [-0.15, -0.1) is 0 Å². The Balaban J connectivity index is 2.21. The lowest BCUT2D eigenvalue weighted by atomic mass is 9.71. The lowest BCUT2D eigenvalue weighted by Crippen LogP contribution is -2.54. The van der Waals surface area contributed by atoms with Gasteiger partial charge in [-0.3, -0.25) is 0 Å². The lowest BCUT2D eigenvalue weighted by molar-refractivity contribution is 0.0875. The molecule has 0 aliphatic carbocycles. The van der Waals surface area contributed by atoms with E-state index < -0.39 is 5.54 Å². The minimum atomic E-state index is -0.559. The third-order valence-electron chi connectivity index (χ3n) is 6.00. The number of aryl methyl sites for hydroxylation is 1. The van der Waals surface area contributed by atoms with E-state index in [2.05, 4.69) is 58.9 Å². The predicted molar refractivity (Wildman–Crippen MR) is 121 cm³/mol. The summed E-state index contributed by atoms with van der Waals surface area (Å²) in [6.07, 6.45) is 10.8. The van der Waals surface area contributed by atoms with Gasteiger partial charge in [0.1, 0.15) is 5.75 Å². The van der Waals surface area contributed by atoms with Gasteiger partial charge >= 0.3 is 0 Å². The molecule has 3 nitrogen and oxygen atoms in total. The van der Waals surface area contributed by atoms with Crippen LogP contribution in [-0.2, 0) is 6.42 Å². The average Bonchev–Trinajstić information content (AvgIpc) is 2.64. The molecule has 0 heterocycles. The largest absolute Gasteiger partial charge is 0.494 e. The molecule has 0 aromatic heterocycles. The maximum absolute atomic E-state index is 9.72. The Kier molecular flexibility index (Phi) is 11.1. The Bertz CT molecular complexity index is 518. The van der Waals surface area contributed by atoms with Crippen LogP contribution in [0.15, 0.2) is 24.3 Å². The highest BCUT2D eigenvalue weighted by Gasteiger charge is 2.37. The van der Waals surface area contributed by atoms with Crippen molar-refractivity contribution in [1.82, 2.24) is 0 Å². The summed E-state index contributed by atoms with van der Waals surface area (Å²) in [5.41, 5.74) is 6.98. The summed E-state index contributed by atoms with van der Waals surface area (Å²) in [7, 11) is 0.